The molecule has 0 saturated carbocycles. The molecule has 3 rings (SSSR count). The normalized spacial score (nSPS) is 12.1. The van der Waals surface area contributed by atoms with Crippen molar-refractivity contribution in [3.05, 3.63) is 100 Å². The summed E-state index contributed by atoms with van der Waals surface area (Å²) in [5.74, 6) is -0.482. The fourth-order valence-corrected chi connectivity index (χ4v) is 4.46. The van der Waals surface area contributed by atoms with Crippen LogP contribution in [0.2, 0.25) is 0 Å². The number of aryl methyl sites for hydroxylation is 2. The lowest BCUT2D eigenvalue weighted by Gasteiger charge is -2.12. The van der Waals surface area contributed by atoms with E-state index in [2.05, 4.69) is 11.4 Å². The van der Waals surface area contributed by atoms with E-state index in [-0.39, 0.29) is 6.16 Å². The third kappa shape index (κ3) is 10.2. The quantitative estimate of drug-likeness (QED) is 0.131. The van der Waals surface area contributed by atoms with E-state index < -0.39 is 19.2 Å². The first-order chi connectivity index (χ1) is 17.6. The van der Waals surface area contributed by atoms with E-state index in [1.54, 1.807) is 0 Å². The Kier molecular flexibility index (Phi) is 10.6. The third-order valence-corrected chi connectivity index (χ3v) is 6.92. The molecule has 3 aromatic carbocycles. The Hall–Kier alpha value is -2.83. The smallest absolute Gasteiger partial charge is 0.325 e. The molecule has 0 saturated heterocycles. The van der Waals surface area contributed by atoms with Crippen molar-refractivity contribution in [2.45, 2.75) is 39.7 Å². The maximum Gasteiger partial charge on any atom is 0.325 e. The standard InChI is InChI=1S/C29H34F2NO4P/c1-21-6-7-24(15-22(21)2)16-25(26-17-27(30)19-28(31)18-26)5-3-13-36-29-10-8-23(9-11-29)20-32-12-4-14-37(33,34)35/h6-11,15-19,32H,3-5,12-14,20H2,1-2H3,(H2,33,34,35). The topological polar surface area (TPSA) is 78.8 Å². The van der Waals surface area contributed by atoms with Crippen LogP contribution in [-0.4, -0.2) is 29.1 Å². The summed E-state index contributed by atoms with van der Waals surface area (Å²) in [5, 5.41) is 3.16. The average molecular weight is 530 g/mol. The van der Waals surface area contributed by atoms with E-state index in [0.717, 1.165) is 34.1 Å². The summed E-state index contributed by atoms with van der Waals surface area (Å²) >= 11 is 0. The Morgan fingerprint density at radius 1 is 0.946 bits per heavy atom. The van der Waals surface area contributed by atoms with Gasteiger partial charge in [-0.2, -0.15) is 0 Å². The van der Waals surface area contributed by atoms with Gasteiger partial charge in [0.25, 0.3) is 0 Å². The predicted molar refractivity (Wildman–Crippen MR) is 145 cm³/mol. The van der Waals surface area contributed by atoms with E-state index in [4.69, 9.17) is 14.5 Å². The second kappa shape index (κ2) is 13.6. The van der Waals surface area contributed by atoms with Crippen molar-refractivity contribution in [1.82, 2.24) is 5.32 Å². The zero-order valence-corrected chi connectivity index (χ0v) is 22.1. The highest BCUT2D eigenvalue weighted by Crippen LogP contribution is 2.34. The first kappa shape index (κ1) is 28.7. The first-order valence-corrected chi connectivity index (χ1v) is 14.1. The molecule has 0 radical (unpaired) electrons. The van der Waals surface area contributed by atoms with Crippen LogP contribution >= 0.6 is 7.60 Å². The summed E-state index contributed by atoms with van der Waals surface area (Å²) in [6.45, 7) is 5.65. The third-order valence-electron chi connectivity index (χ3n) is 6.02. The number of hydrogen-bond donors (Lipinski definition) is 3. The van der Waals surface area contributed by atoms with Crippen LogP contribution in [0.3, 0.4) is 0 Å². The van der Waals surface area contributed by atoms with Gasteiger partial charge in [-0.15, -0.1) is 0 Å². The van der Waals surface area contributed by atoms with E-state index in [1.807, 2.05) is 56.3 Å². The molecule has 0 fully saturated rings. The molecule has 0 aliphatic rings. The van der Waals surface area contributed by atoms with Crippen LogP contribution in [0.1, 0.15) is 47.1 Å². The Balaban J connectivity index is 1.55. The fraction of sp³-hybridized carbons (Fsp3) is 0.310. The molecule has 5 nitrogen and oxygen atoms in total. The minimum Gasteiger partial charge on any atom is -0.494 e. The van der Waals surface area contributed by atoms with E-state index in [1.165, 1.54) is 17.7 Å². The SMILES string of the molecule is Cc1ccc(C=C(CCCOc2ccc(CNCCCP(=O)(O)O)cc2)c2cc(F)cc(F)c2)cc1C. The summed E-state index contributed by atoms with van der Waals surface area (Å²) in [6, 6.07) is 17.3. The first-order valence-electron chi connectivity index (χ1n) is 12.3. The molecule has 37 heavy (non-hydrogen) atoms. The van der Waals surface area contributed by atoms with Gasteiger partial charge in [-0.25, -0.2) is 8.78 Å². The van der Waals surface area contributed by atoms with Gasteiger partial charge in [0.15, 0.2) is 0 Å². The lowest BCUT2D eigenvalue weighted by Crippen LogP contribution is -2.15. The Bertz CT molecular complexity index is 1240. The second-order valence-corrected chi connectivity index (χ2v) is 11.0. The average Bonchev–Trinajstić information content (AvgIpc) is 2.82. The molecule has 0 aliphatic carbocycles. The molecule has 0 bridgehead atoms. The fourth-order valence-electron chi connectivity index (χ4n) is 3.89. The minimum atomic E-state index is -3.94. The largest absolute Gasteiger partial charge is 0.494 e. The Labute approximate surface area is 217 Å². The Morgan fingerprint density at radius 3 is 2.30 bits per heavy atom. The van der Waals surface area contributed by atoms with Crippen molar-refractivity contribution in [1.29, 1.82) is 0 Å². The molecule has 0 aliphatic heterocycles. The maximum absolute atomic E-state index is 13.9. The molecule has 8 heteroatoms. The van der Waals surface area contributed by atoms with Crippen molar-refractivity contribution < 1.29 is 27.9 Å². The van der Waals surface area contributed by atoms with E-state index in [9.17, 15) is 13.3 Å². The van der Waals surface area contributed by atoms with Gasteiger partial charge in [-0.1, -0.05) is 36.4 Å². The van der Waals surface area contributed by atoms with E-state index >= 15 is 0 Å². The second-order valence-electron chi connectivity index (χ2n) is 9.19. The van der Waals surface area contributed by atoms with Gasteiger partial charge in [0.05, 0.1) is 12.8 Å². The lowest BCUT2D eigenvalue weighted by atomic mass is 9.97. The van der Waals surface area contributed by atoms with Crippen LogP contribution in [0.25, 0.3) is 11.6 Å². The number of hydrogen-bond acceptors (Lipinski definition) is 3. The van der Waals surface area contributed by atoms with Crippen LogP contribution in [0.5, 0.6) is 5.75 Å². The molecular weight excluding hydrogens is 495 g/mol. The van der Waals surface area contributed by atoms with Gasteiger partial charge >= 0.3 is 7.60 Å². The predicted octanol–water partition coefficient (Wildman–Crippen LogP) is 6.64. The van der Waals surface area contributed by atoms with Crippen molar-refractivity contribution in [3.63, 3.8) is 0 Å². The van der Waals surface area contributed by atoms with Gasteiger partial charge in [0.2, 0.25) is 0 Å². The van der Waals surface area contributed by atoms with Gasteiger partial charge in [-0.3, -0.25) is 4.57 Å². The summed E-state index contributed by atoms with van der Waals surface area (Å²) in [6.07, 6.45) is 3.52. The molecular formula is C29H34F2NO4P. The summed E-state index contributed by atoms with van der Waals surface area (Å²) in [4.78, 5) is 17.8. The van der Waals surface area contributed by atoms with Crippen molar-refractivity contribution in [2.75, 3.05) is 19.3 Å². The van der Waals surface area contributed by atoms with Gasteiger partial charge in [0.1, 0.15) is 17.4 Å². The monoisotopic (exact) mass is 529 g/mol. The van der Waals surface area contributed by atoms with Crippen molar-refractivity contribution >= 4 is 19.2 Å². The molecule has 0 unspecified atom stereocenters. The molecule has 0 spiro atoms. The van der Waals surface area contributed by atoms with Crippen LogP contribution in [0.4, 0.5) is 8.78 Å². The highest BCUT2D eigenvalue weighted by molar-refractivity contribution is 7.51. The number of ether oxygens (including phenoxy) is 1. The molecule has 0 aromatic heterocycles. The summed E-state index contributed by atoms with van der Waals surface area (Å²) in [5.41, 5.74) is 5.72. The van der Waals surface area contributed by atoms with Gasteiger partial charge < -0.3 is 19.8 Å². The molecule has 0 atom stereocenters. The van der Waals surface area contributed by atoms with Crippen LogP contribution < -0.4 is 10.1 Å². The van der Waals surface area contributed by atoms with Crippen LogP contribution in [-0.2, 0) is 11.1 Å². The highest BCUT2D eigenvalue weighted by Gasteiger charge is 2.11. The van der Waals surface area contributed by atoms with Crippen molar-refractivity contribution in [2.24, 2.45) is 0 Å². The lowest BCUT2D eigenvalue weighted by molar-refractivity contribution is 0.313. The number of nitrogens with one attached hydrogen (secondary N) is 1. The molecule has 3 N–H and O–H groups in total. The number of halogens is 2. The summed E-state index contributed by atoms with van der Waals surface area (Å²) in [7, 11) is -3.94. The Morgan fingerprint density at radius 2 is 1.65 bits per heavy atom. The zero-order chi connectivity index (χ0) is 26.8. The molecule has 0 amide bonds. The molecule has 3 aromatic rings. The number of benzene rings is 3. The summed E-state index contributed by atoms with van der Waals surface area (Å²) < 4.78 is 44.6. The molecule has 198 valence electrons. The minimum absolute atomic E-state index is 0.123. The zero-order valence-electron chi connectivity index (χ0n) is 21.2. The van der Waals surface area contributed by atoms with E-state index in [0.29, 0.717) is 44.5 Å². The highest BCUT2D eigenvalue weighted by atomic mass is 31.2. The van der Waals surface area contributed by atoms with Crippen LogP contribution in [0.15, 0.2) is 60.7 Å². The van der Waals surface area contributed by atoms with Crippen LogP contribution in [0, 0.1) is 25.5 Å². The van der Waals surface area contributed by atoms with Gasteiger partial charge in [0, 0.05) is 12.6 Å². The van der Waals surface area contributed by atoms with Gasteiger partial charge in [-0.05, 0) is 97.3 Å². The number of allylic oxidation sites excluding steroid dienone is 1. The number of rotatable bonds is 13. The maximum atomic E-state index is 13.9. The van der Waals surface area contributed by atoms with Crippen molar-refractivity contribution in [3.8, 4) is 5.75 Å². The molecule has 0 heterocycles.